The molecule has 3 nitrogen and oxygen atoms in total. The maximum absolute atomic E-state index is 12.6. The third kappa shape index (κ3) is 2.34. The van der Waals surface area contributed by atoms with E-state index in [0.29, 0.717) is 6.54 Å². The van der Waals surface area contributed by atoms with Crippen molar-refractivity contribution >= 4 is 22.9 Å². The number of hydrogen-bond donors (Lipinski definition) is 1. The summed E-state index contributed by atoms with van der Waals surface area (Å²) in [6.07, 6.45) is 0.924. The van der Waals surface area contributed by atoms with Gasteiger partial charge in [-0.2, -0.15) is 0 Å². The smallest absolute Gasteiger partial charge is 0.268 e. The van der Waals surface area contributed by atoms with Gasteiger partial charge in [-0.15, -0.1) is 11.3 Å². The molecule has 0 spiro atoms. The topological polar surface area (TPSA) is 46.3 Å². The summed E-state index contributed by atoms with van der Waals surface area (Å²) in [5.41, 5.74) is 7.62. The zero-order chi connectivity index (χ0) is 13.9. The maximum Gasteiger partial charge on any atom is 0.268 e. The van der Waals surface area contributed by atoms with Crippen LogP contribution in [0.25, 0.3) is 0 Å². The Labute approximate surface area is 122 Å². The van der Waals surface area contributed by atoms with Crippen LogP contribution in [0.3, 0.4) is 0 Å². The highest BCUT2D eigenvalue weighted by atomic mass is 32.1. The van der Waals surface area contributed by atoms with Gasteiger partial charge in [-0.05, 0) is 30.2 Å². The van der Waals surface area contributed by atoms with Crippen molar-refractivity contribution in [2.24, 2.45) is 5.73 Å². The van der Waals surface area contributed by atoms with Gasteiger partial charge in [-0.25, -0.2) is 0 Å². The molecule has 2 aromatic rings. The summed E-state index contributed by atoms with van der Waals surface area (Å²) in [6, 6.07) is 11.8. The fourth-order valence-corrected chi connectivity index (χ4v) is 3.17. The van der Waals surface area contributed by atoms with Gasteiger partial charge >= 0.3 is 0 Å². The lowest BCUT2D eigenvalue weighted by atomic mass is 10.2. The number of carbonyl (C=O) groups is 1. The quantitative estimate of drug-likeness (QED) is 0.816. The molecule has 4 heteroatoms. The minimum atomic E-state index is 0.0562. The van der Waals surface area contributed by atoms with E-state index in [-0.39, 0.29) is 5.91 Å². The van der Waals surface area contributed by atoms with Gasteiger partial charge in [-0.3, -0.25) is 4.79 Å². The van der Waals surface area contributed by atoms with Crippen molar-refractivity contribution in [1.82, 2.24) is 0 Å². The van der Waals surface area contributed by atoms with E-state index in [4.69, 9.17) is 5.73 Å². The number of para-hydroxylation sites is 1. The maximum atomic E-state index is 12.6. The van der Waals surface area contributed by atoms with E-state index in [1.54, 1.807) is 0 Å². The minimum Gasteiger partial charge on any atom is -0.320 e. The number of rotatable bonds is 1. The standard InChI is InChI=1S/C16H14N2OS/c17-10-3-5-13-7-8-15(20-13)16(19)18-11-9-12-4-1-2-6-14(12)18/h1-2,4,6-8H,9-11,17H2. The Morgan fingerprint density at radius 3 is 3.00 bits per heavy atom. The molecule has 0 unspecified atom stereocenters. The van der Waals surface area contributed by atoms with Crippen LogP contribution < -0.4 is 10.6 Å². The van der Waals surface area contributed by atoms with Crippen LogP contribution >= 0.6 is 11.3 Å². The molecule has 0 bridgehead atoms. The molecule has 0 atom stereocenters. The summed E-state index contributed by atoms with van der Waals surface area (Å²) in [5, 5.41) is 0. The number of fused-ring (bicyclic) bond motifs is 1. The summed E-state index contributed by atoms with van der Waals surface area (Å²) in [5.74, 6) is 5.82. The molecular weight excluding hydrogens is 268 g/mol. The second kappa shape index (κ2) is 5.49. The van der Waals surface area contributed by atoms with Crippen molar-refractivity contribution in [3.8, 4) is 11.8 Å². The number of benzene rings is 1. The Hall–Kier alpha value is -2.09. The van der Waals surface area contributed by atoms with E-state index < -0.39 is 0 Å². The molecule has 1 aliphatic rings. The number of carbonyl (C=O) groups excluding carboxylic acids is 1. The van der Waals surface area contributed by atoms with Gasteiger partial charge < -0.3 is 10.6 Å². The largest absolute Gasteiger partial charge is 0.320 e. The number of anilines is 1. The molecule has 1 aromatic heterocycles. The lowest BCUT2D eigenvalue weighted by Crippen LogP contribution is -2.28. The first-order valence-corrected chi connectivity index (χ1v) is 7.30. The highest BCUT2D eigenvalue weighted by Gasteiger charge is 2.25. The monoisotopic (exact) mass is 282 g/mol. The van der Waals surface area contributed by atoms with Gasteiger partial charge in [-0.1, -0.05) is 30.0 Å². The van der Waals surface area contributed by atoms with Crippen LogP contribution in [0.2, 0.25) is 0 Å². The van der Waals surface area contributed by atoms with Crippen molar-refractivity contribution in [3.63, 3.8) is 0 Å². The molecule has 2 heterocycles. The van der Waals surface area contributed by atoms with Crippen molar-refractivity contribution in [2.45, 2.75) is 6.42 Å². The summed E-state index contributed by atoms with van der Waals surface area (Å²) in [7, 11) is 0. The van der Waals surface area contributed by atoms with Crippen LogP contribution in [0.15, 0.2) is 36.4 Å². The molecule has 0 radical (unpaired) electrons. The van der Waals surface area contributed by atoms with Crippen LogP contribution in [0.4, 0.5) is 5.69 Å². The Morgan fingerprint density at radius 2 is 2.15 bits per heavy atom. The van der Waals surface area contributed by atoms with E-state index in [1.165, 1.54) is 16.9 Å². The van der Waals surface area contributed by atoms with Crippen molar-refractivity contribution in [2.75, 3.05) is 18.0 Å². The van der Waals surface area contributed by atoms with Crippen LogP contribution in [0.5, 0.6) is 0 Å². The third-order valence-electron chi connectivity index (χ3n) is 3.26. The van der Waals surface area contributed by atoms with Crippen molar-refractivity contribution < 1.29 is 4.79 Å². The number of thiophene rings is 1. The second-order valence-corrected chi connectivity index (χ2v) is 5.59. The zero-order valence-corrected chi connectivity index (χ0v) is 11.7. The van der Waals surface area contributed by atoms with Gasteiger partial charge in [0.05, 0.1) is 16.3 Å². The summed E-state index contributed by atoms with van der Waals surface area (Å²) >= 11 is 1.42. The minimum absolute atomic E-state index is 0.0562. The molecule has 1 amide bonds. The van der Waals surface area contributed by atoms with Crippen molar-refractivity contribution in [1.29, 1.82) is 0 Å². The molecule has 0 aliphatic carbocycles. The van der Waals surface area contributed by atoms with E-state index in [1.807, 2.05) is 35.2 Å². The van der Waals surface area contributed by atoms with E-state index in [9.17, 15) is 4.79 Å². The molecule has 0 fully saturated rings. The molecule has 2 N–H and O–H groups in total. The highest BCUT2D eigenvalue weighted by Crippen LogP contribution is 2.30. The molecule has 1 aliphatic heterocycles. The molecule has 1 aromatic carbocycles. The summed E-state index contributed by atoms with van der Waals surface area (Å²) < 4.78 is 0. The number of nitrogens with zero attached hydrogens (tertiary/aromatic N) is 1. The molecule has 3 rings (SSSR count). The van der Waals surface area contributed by atoms with E-state index >= 15 is 0 Å². The molecular formula is C16H14N2OS. The predicted octanol–water partition coefficient (Wildman–Crippen LogP) is 2.26. The highest BCUT2D eigenvalue weighted by molar-refractivity contribution is 7.14. The van der Waals surface area contributed by atoms with Crippen LogP contribution in [-0.4, -0.2) is 19.0 Å². The number of nitrogens with two attached hydrogens (primary N) is 1. The first-order chi connectivity index (χ1) is 9.79. The van der Waals surface area contributed by atoms with Gasteiger partial charge in [0, 0.05) is 12.2 Å². The molecule has 0 saturated carbocycles. The van der Waals surface area contributed by atoms with Crippen LogP contribution in [0.1, 0.15) is 20.1 Å². The summed E-state index contributed by atoms with van der Waals surface area (Å²) in [4.78, 5) is 16.0. The number of amides is 1. The summed E-state index contributed by atoms with van der Waals surface area (Å²) in [6.45, 7) is 1.08. The van der Waals surface area contributed by atoms with Gasteiger partial charge in [0.1, 0.15) is 0 Å². The average molecular weight is 282 g/mol. The van der Waals surface area contributed by atoms with Gasteiger partial charge in [0.25, 0.3) is 5.91 Å². The normalized spacial score (nSPS) is 12.8. The average Bonchev–Trinajstić information content (AvgIpc) is 3.11. The lowest BCUT2D eigenvalue weighted by Gasteiger charge is -2.15. The van der Waals surface area contributed by atoms with E-state index in [0.717, 1.165) is 28.4 Å². The zero-order valence-electron chi connectivity index (χ0n) is 10.9. The molecule has 20 heavy (non-hydrogen) atoms. The predicted molar refractivity (Wildman–Crippen MR) is 82.1 cm³/mol. The SMILES string of the molecule is NCC#Cc1ccc(C(=O)N2CCc3ccccc32)s1. The Bertz CT molecular complexity index is 709. The van der Waals surface area contributed by atoms with Gasteiger partial charge in [0.2, 0.25) is 0 Å². The fourth-order valence-electron chi connectivity index (χ4n) is 2.34. The molecule has 0 saturated heterocycles. The van der Waals surface area contributed by atoms with E-state index in [2.05, 4.69) is 17.9 Å². The third-order valence-corrected chi connectivity index (χ3v) is 4.25. The Morgan fingerprint density at radius 1 is 1.30 bits per heavy atom. The van der Waals surface area contributed by atoms with Crippen molar-refractivity contribution in [3.05, 3.63) is 51.7 Å². The Balaban J connectivity index is 1.85. The second-order valence-electron chi connectivity index (χ2n) is 4.51. The van der Waals surface area contributed by atoms with Crippen LogP contribution in [-0.2, 0) is 6.42 Å². The van der Waals surface area contributed by atoms with Gasteiger partial charge in [0.15, 0.2) is 0 Å². The first-order valence-electron chi connectivity index (χ1n) is 6.48. The van der Waals surface area contributed by atoms with Crippen LogP contribution in [0, 0.1) is 11.8 Å². The first kappa shape index (κ1) is 12.9. The lowest BCUT2D eigenvalue weighted by molar-refractivity contribution is 0.0993. The fraction of sp³-hybridized carbons (Fsp3) is 0.188. The Kier molecular flexibility index (Phi) is 3.55. The number of hydrogen-bond acceptors (Lipinski definition) is 3. The molecule has 100 valence electrons.